The van der Waals surface area contributed by atoms with Gasteiger partial charge in [0, 0.05) is 11.9 Å². The number of carbonyl (C=O) groups is 1. The van der Waals surface area contributed by atoms with E-state index in [0.717, 1.165) is 0 Å². The molecule has 1 aliphatic rings. The van der Waals surface area contributed by atoms with Crippen LogP contribution in [-0.4, -0.2) is 35.0 Å². The summed E-state index contributed by atoms with van der Waals surface area (Å²) in [6, 6.07) is 7.19. The average molecular weight is 334 g/mol. The molecule has 2 atom stereocenters. The van der Waals surface area contributed by atoms with Gasteiger partial charge in [-0.05, 0) is 25.1 Å². The number of carbonyl (C=O) groups excluding carboxylic acids is 1. The molecule has 0 amide bonds. The standard InChI is InChI=1S/C16H15FN2O5/c1-10-6-7-19(16(21)18-10)13-8-22-14(24-13)9-23-15(20)11-4-2-3-5-12(11)17/h2-7,13-14H,8-9H2,1H3/t13-,14-/m0/s1. The number of hydrogen-bond acceptors (Lipinski definition) is 6. The van der Waals surface area contributed by atoms with Gasteiger partial charge in [0.15, 0.2) is 12.5 Å². The highest BCUT2D eigenvalue weighted by Gasteiger charge is 2.29. The van der Waals surface area contributed by atoms with E-state index in [9.17, 15) is 14.0 Å². The van der Waals surface area contributed by atoms with Gasteiger partial charge in [0.25, 0.3) is 0 Å². The van der Waals surface area contributed by atoms with E-state index in [-0.39, 0.29) is 18.8 Å². The summed E-state index contributed by atoms with van der Waals surface area (Å²) >= 11 is 0. The quantitative estimate of drug-likeness (QED) is 0.787. The van der Waals surface area contributed by atoms with Gasteiger partial charge in [-0.25, -0.2) is 14.0 Å². The first-order valence-corrected chi connectivity index (χ1v) is 7.29. The molecular formula is C16H15FN2O5. The molecule has 0 saturated carbocycles. The van der Waals surface area contributed by atoms with Gasteiger partial charge in [-0.15, -0.1) is 0 Å². The Morgan fingerprint density at radius 1 is 1.42 bits per heavy atom. The van der Waals surface area contributed by atoms with Gasteiger partial charge in [-0.1, -0.05) is 12.1 Å². The first-order chi connectivity index (χ1) is 11.5. The third-order valence-electron chi connectivity index (χ3n) is 3.46. The van der Waals surface area contributed by atoms with Gasteiger partial charge in [-0.3, -0.25) is 4.57 Å². The molecular weight excluding hydrogens is 319 g/mol. The molecule has 0 unspecified atom stereocenters. The molecule has 0 spiro atoms. The smallest absolute Gasteiger partial charge is 0.349 e. The zero-order valence-electron chi connectivity index (χ0n) is 12.8. The summed E-state index contributed by atoms with van der Waals surface area (Å²) in [6.45, 7) is 1.62. The first-order valence-electron chi connectivity index (χ1n) is 7.29. The summed E-state index contributed by atoms with van der Waals surface area (Å²) in [7, 11) is 0. The number of rotatable bonds is 4. The van der Waals surface area contributed by atoms with Crippen molar-refractivity contribution in [1.82, 2.24) is 9.55 Å². The molecule has 24 heavy (non-hydrogen) atoms. The van der Waals surface area contributed by atoms with Crippen LogP contribution in [0.2, 0.25) is 0 Å². The molecule has 1 saturated heterocycles. The van der Waals surface area contributed by atoms with E-state index in [0.29, 0.717) is 5.69 Å². The summed E-state index contributed by atoms with van der Waals surface area (Å²) in [5, 5.41) is 0. The lowest BCUT2D eigenvalue weighted by Gasteiger charge is -2.13. The van der Waals surface area contributed by atoms with Gasteiger partial charge in [0.2, 0.25) is 0 Å². The predicted octanol–water partition coefficient (Wildman–Crippen LogP) is 1.42. The highest BCUT2D eigenvalue weighted by molar-refractivity contribution is 5.89. The van der Waals surface area contributed by atoms with Crippen LogP contribution in [0.15, 0.2) is 41.3 Å². The van der Waals surface area contributed by atoms with Crippen molar-refractivity contribution in [3.8, 4) is 0 Å². The van der Waals surface area contributed by atoms with E-state index in [4.69, 9.17) is 14.2 Å². The van der Waals surface area contributed by atoms with Crippen LogP contribution in [0.25, 0.3) is 0 Å². The van der Waals surface area contributed by atoms with Gasteiger partial charge in [-0.2, -0.15) is 4.98 Å². The summed E-state index contributed by atoms with van der Waals surface area (Å²) in [4.78, 5) is 27.4. The number of aryl methyl sites for hydroxylation is 1. The highest BCUT2D eigenvalue weighted by Crippen LogP contribution is 2.20. The molecule has 1 aliphatic heterocycles. The van der Waals surface area contributed by atoms with Crippen LogP contribution in [0.1, 0.15) is 22.3 Å². The second kappa shape index (κ2) is 6.90. The van der Waals surface area contributed by atoms with E-state index >= 15 is 0 Å². The number of esters is 1. The van der Waals surface area contributed by atoms with E-state index in [2.05, 4.69) is 4.98 Å². The van der Waals surface area contributed by atoms with E-state index in [1.807, 2.05) is 0 Å². The third-order valence-corrected chi connectivity index (χ3v) is 3.46. The Morgan fingerprint density at radius 2 is 2.21 bits per heavy atom. The fourth-order valence-corrected chi connectivity index (χ4v) is 2.24. The van der Waals surface area contributed by atoms with Crippen molar-refractivity contribution in [2.24, 2.45) is 0 Å². The van der Waals surface area contributed by atoms with Gasteiger partial charge < -0.3 is 14.2 Å². The maximum Gasteiger partial charge on any atom is 0.349 e. The van der Waals surface area contributed by atoms with Crippen LogP contribution in [0, 0.1) is 12.7 Å². The van der Waals surface area contributed by atoms with Gasteiger partial charge in [0.05, 0.1) is 12.2 Å². The number of ether oxygens (including phenoxy) is 3. The number of aromatic nitrogens is 2. The lowest BCUT2D eigenvalue weighted by molar-refractivity contribution is -0.103. The van der Waals surface area contributed by atoms with Crippen LogP contribution >= 0.6 is 0 Å². The Kier molecular flexibility index (Phi) is 4.68. The van der Waals surface area contributed by atoms with Crippen molar-refractivity contribution in [1.29, 1.82) is 0 Å². The van der Waals surface area contributed by atoms with Crippen molar-refractivity contribution < 1.29 is 23.4 Å². The lowest BCUT2D eigenvalue weighted by atomic mass is 10.2. The van der Waals surface area contributed by atoms with Crippen molar-refractivity contribution >= 4 is 5.97 Å². The SMILES string of the molecule is Cc1ccn([C@@H]2CO[C@H](COC(=O)c3ccccc3F)O2)c(=O)n1. The Bertz CT molecular complexity index is 807. The minimum absolute atomic E-state index is 0.118. The maximum atomic E-state index is 13.5. The molecule has 3 rings (SSSR count). The minimum Gasteiger partial charge on any atom is -0.457 e. The van der Waals surface area contributed by atoms with Crippen molar-refractivity contribution in [2.75, 3.05) is 13.2 Å². The summed E-state index contributed by atoms with van der Waals surface area (Å²) in [6.07, 6.45) is 0.0774. The van der Waals surface area contributed by atoms with Gasteiger partial charge in [0.1, 0.15) is 12.4 Å². The average Bonchev–Trinajstić information content (AvgIpc) is 3.01. The molecule has 0 radical (unpaired) electrons. The summed E-state index contributed by atoms with van der Waals surface area (Å²) in [5.74, 6) is -1.47. The van der Waals surface area contributed by atoms with E-state index in [1.54, 1.807) is 19.2 Å². The number of hydrogen-bond donors (Lipinski definition) is 0. The minimum atomic E-state index is -0.834. The molecule has 1 fully saturated rings. The topological polar surface area (TPSA) is 79.6 Å². The van der Waals surface area contributed by atoms with Crippen molar-refractivity contribution in [2.45, 2.75) is 19.4 Å². The zero-order chi connectivity index (χ0) is 17.1. The largest absolute Gasteiger partial charge is 0.457 e. The van der Waals surface area contributed by atoms with Crippen LogP contribution < -0.4 is 5.69 Å². The molecule has 126 valence electrons. The Labute approximate surface area is 136 Å². The normalized spacial score (nSPS) is 20.1. The third kappa shape index (κ3) is 3.50. The fraction of sp³-hybridized carbons (Fsp3) is 0.312. The lowest BCUT2D eigenvalue weighted by Crippen LogP contribution is -2.28. The first kappa shape index (κ1) is 16.3. The maximum absolute atomic E-state index is 13.5. The molecule has 2 aromatic rings. The molecule has 1 aromatic heterocycles. The molecule has 7 nitrogen and oxygen atoms in total. The van der Waals surface area contributed by atoms with Gasteiger partial charge >= 0.3 is 11.7 Å². The molecule has 1 aromatic carbocycles. The number of nitrogens with zero attached hydrogens (tertiary/aromatic N) is 2. The predicted molar refractivity (Wildman–Crippen MR) is 79.8 cm³/mol. The number of benzene rings is 1. The monoisotopic (exact) mass is 334 g/mol. The van der Waals surface area contributed by atoms with Crippen LogP contribution in [0.5, 0.6) is 0 Å². The summed E-state index contributed by atoms with van der Waals surface area (Å²) < 4.78 is 30.6. The van der Waals surface area contributed by atoms with Crippen LogP contribution in [0.4, 0.5) is 4.39 Å². The van der Waals surface area contributed by atoms with Crippen LogP contribution in [0.3, 0.4) is 0 Å². The molecule has 8 heteroatoms. The Morgan fingerprint density at radius 3 is 2.96 bits per heavy atom. The van der Waals surface area contributed by atoms with E-state index in [1.165, 1.54) is 28.8 Å². The molecule has 0 N–H and O–H groups in total. The molecule has 0 aliphatic carbocycles. The summed E-state index contributed by atoms with van der Waals surface area (Å²) in [5.41, 5.74) is -0.0101. The highest BCUT2D eigenvalue weighted by atomic mass is 19.1. The van der Waals surface area contributed by atoms with Crippen LogP contribution in [-0.2, 0) is 14.2 Å². The molecule has 2 heterocycles. The molecule has 0 bridgehead atoms. The second-order valence-electron chi connectivity index (χ2n) is 5.19. The Hall–Kier alpha value is -2.58. The Balaban J connectivity index is 1.58. The van der Waals surface area contributed by atoms with Crippen molar-refractivity contribution in [3.63, 3.8) is 0 Å². The second-order valence-corrected chi connectivity index (χ2v) is 5.19. The van der Waals surface area contributed by atoms with Crippen molar-refractivity contribution in [3.05, 3.63) is 64.1 Å². The zero-order valence-corrected chi connectivity index (χ0v) is 12.8. The fourth-order valence-electron chi connectivity index (χ4n) is 2.24. The number of halogens is 1. The van der Waals surface area contributed by atoms with E-state index < -0.39 is 30.0 Å².